The zero-order chi connectivity index (χ0) is 27.5. The molecule has 2 heterocycles. The molecule has 208 valence electrons. The third kappa shape index (κ3) is 6.91. The molecule has 7 nitrogen and oxygen atoms in total. The van der Waals surface area contributed by atoms with Crippen LogP contribution in [0.2, 0.25) is 25.7 Å². The van der Waals surface area contributed by atoms with Crippen molar-refractivity contribution in [3.63, 3.8) is 0 Å². The molecule has 11 heteroatoms. The monoisotopic (exact) mass is 550 g/mol. The summed E-state index contributed by atoms with van der Waals surface area (Å²) in [7, 11) is -1.28. The highest BCUT2D eigenvalue weighted by atomic mass is 28.3. The molecule has 0 saturated heterocycles. The molecule has 1 aromatic heterocycles. The highest BCUT2D eigenvalue weighted by Gasteiger charge is 2.46. The van der Waals surface area contributed by atoms with E-state index in [9.17, 15) is 22.8 Å². The summed E-state index contributed by atoms with van der Waals surface area (Å²) in [5.41, 5.74) is 1.85. The Hall–Kier alpha value is -2.53. The first-order valence-corrected chi connectivity index (χ1v) is 17.1. The number of ether oxygens (including phenoxy) is 1. The Morgan fingerprint density at radius 3 is 2.53 bits per heavy atom. The number of hydrogen-bond donors (Lipinski definition) is 1. The molecular formula is C27H37F3N4O3Si. The largest absolute Gasteiger partial charge is 0.471 e. The summed E-state index contributed by atoms with van der Waals surface area (Å²) in [5, 5.41) is 3.09. The van der Waals surface area contributed by atoms with Gasteiger partial charge in [-0.05, 0) is 18.9 Å². The van der Waals surface area contributed by atoms with Crippen molar-refractivity contribution in [1.82, 2.24) is 20.2 Å². The number of halogens is 3. The molecule has 3 aliphatic rings. The summed E-state index contributed by atoms with van der Waals surface area (Å²) >= 11 is 0. The molecule has 1 saturated carbocycles. The predicted molar refractivity (Wildman–Crippen MR) is 140 cm³/mol. The van der Waals surface area contributed by atoms with Gasteiger partial charge < -0.3 is 10.1 Å². The first kappa shape index (κ1) is 28.5. The Bertz CT molecular complexity index is 1090. The Labute approximate surface area is 222 Å². The fraction of sp³-hybridized carbons (Fsp3) is 0.630. The normalized spacial score (nSPS) is 20.7. The van der Waals surface area contributed by atoms with Crippen LogP contribution in [-0.4, -0.2) is 60.6 Å². The maximum Gasteiger partial charge on any atom is 0.471 e. The van der Waals surface area contributed by atoms with Crippen molar-refractivity contribution in [1.29, 1.82) is 0 Å². The molecule has 0 aromatic carbocycles. The van der Waals surface area contributed by atoms with Gasteiger partial charge in [0.1, 0.15) is 0 Å². The maximum atomic E-state index is 13.7. The number of rotatable bonds is 9. The molecule has 0 spiro atoms. The number of ketones is 1. The number of aromatic nitrogens is 2. The molecule has 1 unspecified atom stereocenters. The van der Waals surface area contributed by atoms with Gasteiger partial charge in [-0.25, -0.2) is 0 Å². The fourth-order valence-corrected chi connectivity index (χ4v) is 6.01. The quantitative estimate of drug-likeness (QED) is 0.340. The average molecular weight is 551 g/mol. The maximum absolute atomic E-state index is 13.7. The van der Waals surface area contributed by atoms with Gasteiger partial charge in [-0.1, -0.05) is 45.0 Å². The number of nitrogens with one attached hydrogen (secondary N) is 1. The summed E-state index contributed by atoms with van der Waals surface area (Å²) < 4.78 is 46.9. The van der Waals surface area contributed by atoms with Gasteiger partial charge in [0.15, 0.2) is 5.78 Å². The molecule has 1 fully saturated rings. The van der Waals surface area contributed by atoms with E-state index in [0.29, 0.717) is 36.1 Å². The van der Waals surface area contributed by atoms with Crippen molar-refractivity contribution >= 4 is 19.8 Å². The highest BCUT2D eigenvalue weighted by Crippen LogP contribution is 2.36. The van der Waals surface area contributed by atoms with E-state index in [2.05, 4.69) is 34.9 Å². The zero-order valence-corrected chi connectivity index (χ0v) is 23.4. The van der Waals surface area contributed by atoms with E-state index in [1.807, 2.05) is 0 Å². The van der Waals surface area contributed by atoms with Gasteiger partial charge in [-0.3, -0.25) is 24.5 Å². The molecule has 1 atom stereocenters. The molecule has 0 radical (unpaired) electrons. The van der Waals surface area contributed by atoms with Crippen LogP contribution in [0.5, 0.6) is 0 Å². The van der Waals surface area contributed by atoms with Crippen LogP contribution in [0.4, 0.5) is 13.2 Å². The lowest BCUT2D eigenvalue weighted by atomic mass is 9.87. The van der Waals surface area contributed by atoms with Crippen LogP contribution < -0.4 is 5.32 Å². The number of nitrogens with zero attached hydrogens (tertiary/aromatic N) is 3. The number of alkyl halides is 3. The molecule has 1 amide bonds. The van der Waals surface area contributed by atoms with Gasteiger partial charge in [0.05, 0.1) is 42.1 Å². The summed E-state index contributed by atoms with van der Waals surface area (Å²) in [6, 6.07) is 0.979. The Balaban J connectivity index is 1.54. The number of amides is 1. The van der Waals surface area contributed by atoms with Crippen LogP contribution in [0.3, 0.4) is 0 Å². The number of carbonyl (C=O) groups is 2. The molecular weight excluding hydrogens is 513 g/mol. The number of hydrogen-bond acceptors (Lipinski definition) is 6. The van der Waals surface area contributed by atoms with E-state index in [1.165, 1.54) is 18.7 Å². The van der Waals surface area contributed by atoms with Crippen LogP contribution in [0.15, 0.2) is 35.4 Å². The third-order valence-electron chi connectivity index (χ3n) is 7.40. The number of Topliss-reactive ketones (excluding diaryl/α,β-unsaturated/α-hetero) is 1. The van der Waals surface area contributed by atoms with Crippen molar-refractivity contribution in [2.24, 2.45) is 5.92 Å². The second kappa shape index (κ2) is 11.7. The summed E-state index contributed by atoms with van der Waals surface area (Å²) in [6.45, 7) is 7.59. The van der Waals surface area contributed by atoms with Crippen molar-refractivity contribution in [3.05, 3.63) is 46.8 Å². The molecule has 4 rings (SSSR count). The van der Waals surface area contributed by atoms with Crippen LogP contribution in [0.25, 0.3) is 0 Å². The van der Waals surface area contributed by atoms with Gasteiger partial charge in [-0.2, -0.15) is 13.2 Å². The minimum Gasteiger partial charge on any atom is -0.382 e. The van der Waals surface area contributed by atoms with Gasteiger partial charge >= 0.3 is 12.1 Å². The minimum atomic E-state index is -5.09. The summed E-state index contributed by atoms with van der Waals surface area (Å²) in [6.07, 6.45) is 4.83. The average Bonchev–Trinajstić information content (AvgIpc) is 3.30. The topological polar surface area (TPSA) is 84.4 Å². The lowest BCUT2D eigenvalue weighted by Crippen LogP contribution is -2.42. The Morgan fingerprint density at radius 2 is 1.89 bits per heavy atom. The number of carbonyl (C=O) groups excluding carboxylic acids is 2. The van der Waals surface area contributed by atoms with E-state index in [0.717, 1.165) is 37.4 Å². The standard InChI is InChI=1S/C27H37F3N4O3Si/c1-38(2,3)12-11-37-17-19-13-33-25-22(9-10-23(35)24(19)25)34(26(36)27(28,29)30)16-20-14-32-21(15-31-20)18-7-5-4-6-8-18/h9,14-15,18-19,33H,4-8,10-13,16-17H2,1-3H3. The van der Waals surface area contributed by atoms with Gasteiger partial charge in [0, 0.05) is 51.3 Å². The second-order valence-corrected chi connectivity index (χ2v) is 17.2. The van der Waals surface area contributed by atoms with Crippen molar-refractivity contribution < 1.29 is 27.5 Å². The van der Waals surface area contributed by atoms with E-state index in [1.54, 1.807) is 6.20 Å². The second-order valence-electron chi connectivity index (χ2n) is 11.6. The van der Waals surface area contributed by atoms with Crippen molar-refractivity contribution in [3.8, 4) is 0 Å². The lowest BCUT2D eigenvalue weighted by molar-refractivity contribution is -0.183. The SMILES string of the molecule is C[Si](C)(C)CCOCC1CNC2=C1C(=O)CC=C2N(Cc1cnc(C2CCCCC2)cn1)C(=O)C(F)(F)F. The predicted octanol–water partition coefficient (Wildman–Crippen LogP) is 5.10. The third-order valence-corrected chi connectivity index (χ3v) is 9.11. The van der Waals surface area contributed by atoms with Crippen LogP contribution in [0, 0.1) is 5.92 Å². The van der Waals surface area contributed by atoms with E-state index < -0.39 is 26.7 Å². The Morgan fingerprint density at radius 1 is 1.16 bits per heavy atom. The van der Waals surface area contributed by atoms with Crippen LogP contribution >= 0.6 is 0 Å². The van der Waals surface area contributed by atoms with Gasteiger partial charge in [0.2, 0.25) is 0 Å². The van der Waals surface area contributed by atoms with E-state index >= 15 is 0 Å². The number of allylic oxidation sites excluding steroid dienone is 1. The zero-order valence-electron chi connectivity index (χ0n) is 22.4. The van der Waals surface area contributed by atoms with Crippen molar-refractivity contribution in [2.45, 2.75) is 82.8 Å². The summed E-state index contributed by atoms with van der Waals surface area (Å²) in [4.78, 5) is 34.9. The molecule has 1 N–H and O–H groups in total. The minimum absolute atomic E-state index is 0.0599. The molecule has 2 aliphatic carbocycles. The van der Waals surface area contributed by atoms with Gasteiger partial charge in [-0.15, -0.1) is 0 Å². The Kier molecular flexibility index (Phi) is 8.76. The summed E-state index contributed by atoms with van der Waals surface area (Å²) in [5.74, 6) is -2.13. The lowest BCUT2D eigenvalue weighted by Gasteiger charge is -2.29. The van der Waals surface area contributed by atoms with E-state index in [4.69, 9.17) is 4.74 Å². The van der Waals surface area contributed by atoms with Crippen LogP contribution in [-0.2, 0) is 20.9 Å². The molecule has 38 heavy (non-hydrogen) atoms. The smallest absolute Gasteiger partial charge is 0.382 e. The molecule has 1 aromatic rings. The molecule has 1 aliphatic heterocycles. The van der Waals surface area contributed by atoms with Crippen molar-refractivity contribution in [2.75, 3.05) is 19.8 Å². The van der Waals surface area contributed by atoms with Crippen LogP contribution in [0.1, 0.15) is 55.8 Å². The highest BCUT2D eigenvalue weighted by molar-refractivity contribution is 6.76. The van der Waals surface area contributed by atoms with Gasteiger partial charge in [0.25, 0.3) is 0 Å². The van der Waals surface area contributed by atoms with E-state index in [-0.39, 0.29) is 35.2 Å². The fourth-order valence-electron chi connectivity index (χ4n) is 5.25. The molecule has 0 bridgehead atoms. The first-order chi connectivity index (χ1) is 17.9. The first-order valence-electron chi connectivity index (χ1n) is 13.4.